The summed E-state index contributed by atoms with van der Waals surface area (Å²) < 4.78 is 14.2. The summed E-state index contributed by atoms with van der Waals surface area (Å²) in [6.07, 6.45) is -0.476. The topological polar surface area (TPSA) is 96.0 Å². The van der Waals surface area contributed by atoms with Crippen molar-refractivity contribution in [3.05, 3.63) is 12.7 Å². The highest BCUT2D eigenvalue weighted by molar-refractivity contribution is 8.13. The molecule has 22 heavy (non-hydrogen) atoms. The predicted molar refractivity (Wildman–Crippen MR) is 80.0 cm³/mol. The fraction of sp³-hybridized carbons (Fsp3) is 0.571. The molecule has 124 valence electrons. The SMILES string of the molecule is C=CCOC(=O)C(CC(=O)OC)OC(=O)[C@H](C)CSC(C)=O. The summed E-state index contributed by atoms with van der Waals surface area (Å²) in [6, 6.07) is 0. The van der Waals surface area contributed by atoms with E-state index >= 15 is 0 Å². The maximum absolute atomic E-state index is 11.9. The molecule has 8 heteroatoms. The molecule has 0 aliphatic rings. The van der Waals surface area contributed by atoms with Gasteiger partial charge in [0.15, 0.2) is 5.12 Å². The van der Waals surface area contributed by atoms with Crippen LogP contribution in [0.5, 0.6) is 0 Å². The Balaban J connectivity index is 4.69. The lowest BCUT2D eigenvalue weighted by molar-refractivity contribution is -0.172. The van der Waals surface area contributed by atoms with Gasteiger partial charge in [-0.2, -0.15) is 0 Å². The van der Waals surface area contributed by atoms with Gasteiger partial charge in [-0.1, -0.05) is 31.3 Å². The Morgan fingerprint density at radius 2 is 1.86 bits per heavy atom. The number of hydrogen-bond donors (Lipinski definition) is 0. The molecule has 0 aliphatic heterocycles. The maximum atomic E-state index is 11.9. The first-order valence-corrected chi connectivity index (χ1v) is 7.48. The first-order valence-electron chi connectivity index (χ1n) is 6.50. The first kappa shape index (κ1) is 20.2. The zero-order valence-corrected chi connectivity index (χ0v) is 13.6. The molecule has 0 aromatic rings. The van der Waals surface area contributed by atoms with Crippen molar-refractivity contribution in [3.8, 4) is 0 Å². The molecule has 0 heterocycles. The van der Waals surface area contributed by atoms with Gasteiger partial charge in [-0.25, -0.2) is 4.79 Å². The van der Waals surface area contributed by atoms with Crippen LogP contribution in [0.25, 0.3) is 0 Å². The summed E-state index contributed by atoms with van der Waals surface area (Å²) in [5.74, 6) is -2.65. The van der Waals surface area contributed by atoms with E-state index in [1.807, 2.05) is 0 Å². The minimum absolute atomic E-state index is 0.0657. The lowest BCUT2D eigenvalue weighted by atomic mass is 10.2. The van der Waals surface area contributed by atoms with Crippen molar-refractivity contribution in [3.63, 3.8) is 0 Å². The highest BCUT2D eigenvalue weighted by Gasteiger charge is 2.29. The van der Waals surface area contributed by atoms with Gasteiger partial charge >= 0.3 is 17.9 Å². The highest BCUT2D eigenvalue weighted by Crippen LogP contribution is 2.13. The summed E-state index contributed by atoms with van der Waals surface area (Å²) in [5.41, 5.74) is 0. The van der Waals surface area contributed by atoms with E-state index in [4.69, 9.17) is 9.47 Å². The zero-order chi connectivity index (χ0) is 17.1. The second-order valence-corrected chi connectivity index (χ2v) is 5.53. The Morgan fingerprint density at radius 3 is 2.36 bits per heavy atom. The van der Waals surface area contributed by atoms with Gasteiger partial charge in [0.1, 0.15) is 6.61 Å². The van der Waals surface area contributed by atoms with Crippen LogP contribution in [-0.2, 0) is 33.4 Å². The predicted octanol–water partition coefficient (Wildman–Crippen LogP) is 1.11. The van der Waals surface area contributed by atoms with Crippen molar-refractivity contribution in [2.75, 3.05) is 19.5 Å². The Morgan fingerprint density at radius 1 is 1.23 bits per heavy atom. The molecule has 0 fully saturated rings. The maximum Gasteiger partial charge on any atom is 0.348 e. The number of esters is 3. The number of thioether (sulfide) groups is 1. The van der Waals surface area contributed by atoms with Crippen molar-refractivity contribution < 1.29 is 33.4 Å². The highest BCUT2D eigenvalue weighted by atomic mass is 32.2. The number of ether oxygens (including phenoxy) is 3. The van der Waals surface area contributed by atoms with E-state index in [9.17, 15) is 19.2 Å². The van der Waals surface area contributed by atoms with E-state index < -0.39 is 36.4 Å². The zero-order valence-electron chi connectivity index (χ0n) is 12.8. The lowest BCUT2D eigenvalue weighted by Crippen LogP contribution is -2.34. The summed E-state index contributed by atoms with van der Waals surface area (Å²) in [5, 5.41) is -0.129. The van der Waals surface area contributed by atoms with Gasteiger partial charge in [0.2, 0.25) is 6.10 Å². The van der Waals surface area contributed by atoms with E-state index in [-0.39, 0.29) is 17.5 Å². The standard InChI is InChI=1S/C14H20O7S/c1-5-6-20-14(18)11(7-12(16)19-4)21-13(17)9(2)8-22-10(3)15/h5,9,11H,1,6-8H2,2-4H3/t9-,11?/m1/s1. The minimum Gasteiger partial charge on any atom is -0.469 e. The fourth-order valence-corrected chi connectivity index (χ4v) is 1.83. The Kier molecular flexibility index (Phi) is 9.93. The second kappa shape index (κ2) is 10.8. The largest absolute Gasteiger partial charge is 0.469 e. The third kappa shape index (κ3) is 8.46. The minimum atomic E-state index is -1.38. The van der Waals surface area contributed by atoms with Crippen LogP contribution < -0.4 is 0 Å². The molecule has 0 bridgehead atoms. The second-order valence-electron chi connectivity index (χ2n) is 4.33. The third-order valence-corrected chi connectivity index (χ3v) is 3.46. The summed E-state index contributed by atoms with van der Waals surface area (Å²) in [4.78, 5) is 45.8. The molecule has 0 saturated carbocycles. The molecule has 0 saturated heterocycles. The van der Waals surface area contributed by atoms with Crippen LogP contribution in [0.4, 0.5) is 0 Å². The smallest absolute Gasteiger partial charge is 0.348 e. The number of methoxy groups -OCH3 is 1. The molecule has 0 rings (SSSR count). The van der Waals surface area contributed by atoms with Crippen LogP contribution in [0.15, 0.2) is 12.7 Å². The van der Waals surface area contributed by atoms with Gasteiger partial charge in [-0.3, -0.25) is 14.4 Å². The Hall–Kier alpha value is -1.83. The van der Waals surface area contributed by atoms with E-state index in [1.54, 1.807) is 6.92 Å². The third-order valence-electron chi connectivity index (χ3n) is 2.38. The van der Waals surface area contributed by atoms with Crippen LogP contribution in [0.2, 0.25) is 0 Å². The molecule has 0 amide bonds. The van der Waals surface area contributed by atoms with E-state index in [1.165, 1.54) is 13.0 Å². The van der Waals surface area contributed by atoms with Crippen LogP contribution in [0, 0.1) is 5.92 Å². The normalized spacial score (nSPS) is 12.7. The van der Waals surface area contributed by atoms with Gasteiger partial charge in [-0.05, 0) is 0 Å². The van der Waals surface area contributed by atoms with Gasteiger partial charge in [0.25, 0.3) is 0 Å². The van der Waals surface area contributed by atoms with Crippen LogP contribution in [0.1, 0.15) is 20.3 Å². The monoisotopic (exact) mass is 332 g/mol. The fourth-order valence-electron chi connectivity index (χ4n) is 1.21. The molecular formula is C14H20O7S. The molecule has 0 spiro atoms. The summed E-state index contributed by atoms with van der Waals surface area (Å²) >= 11 is 0.975. The first-order chi connectivity index (χ1) is 10.3. The molecule has 0 aromatic heterocycles. The molecule has 0 N–H and O–H groups in total. The van der Waals surface area contributed by atoms with Crippen LogP contribution in [-0.4, -0.2) is 48.6 Å². The number of carbonyl (C=O) groups excluding carboxylic acids is 4. The van der Waals surface area contributed by atoms with Gasteiger partial charge in [0.05, 0.1) is 19.4 Å². The van der Waals surface area contributed by atoms with Crippen LogP contribution in [0.3, 0.4) is 0 Å². The van der Waals surface area contributed by atoms with Crippen LogP contribution >= 0.6 is 11.8 Å². The van der Waals surface area contributed by atoms with E-state index in [0.29, 0.717) is 0 Å². The average Bonchev–Trinajstić information content (AvgIpc) is 2.48. The summed E-state index contributed by atoms with van der Waals surface area (Å²) in [6.45, 7) is 6.26. The Bertz CT molecular complexity index is 433. The number of hydrogen-bond acceptors (Lipinski definition) is 8. The molecule has 0 radical (unpaired) electrons. The van der Waals surface area contributed by atoms with Gasteiger partial charge in [-0.15, -0.1) is 0 Å². The van der Waals surface area contributed by atoms with Gasteiger partial charge in [0, 0.05) is 12.7 Å². The molecule has 0 aromatic carbocycles. The van der Waals surface area contributed by atoms with E-state index in [0.717, 1.165) is 18.9 Å². The van der Waals surface area contributed by atoms with Crippen molar-refractivity contribution >= 4 is 34.8 Å². The van der Waals surface area contributed by atoms with E-state index in [2.05, 4.69) is 11.3 Å². The quantitative estimate of drug-likeness (QED) is 0.352. The lowest BCUT2D eigenvalue weighted by Gasteiger charge is -2.17. The van der Waals surface area contributed by atoms with Crippen molar-refractivity contribution in [2.24, 2.45) is 5.92 Å². The average molecular weight is 332 g/mol. The molecule has 2 atom stereocenters. The molecule has 0 aliphatic carbocycles. The van der Waals surface area contributed by atoms with Crippen molar-refractivity contribution in [1.82, 2.24) is 0 Å². The van der Waals surface area contributed by atoms with Crippen molar-refractivity contribution in [1.29, 1.82) is 0 Å². The Labute approximate surface area is 133 Å². The molecule has 7 nitrogen and oxygen atoms in total. The molecule has 1 unspecified atom stereocenters. The van der Waals surface area contributed by atoms with Gasteiger partial charge < -0.3 is 14.2 Å². The molecular weight excluding hydrogens is 312 g/mol. The van der Waals surface area contributed by atoms with Crippen molar-refractivity contribution in [2.45, 2.75) is 26.4 Å². The number of carbonyl (C=O) groups is 4. The summed E-state index contributed by atoms with van der Waals surface area (Å²) in [7, 11) is 1.16. The number of rotatable bonds is 9.